The minimum absolute atomic E-state index is 0. The van der Waals surface area contributed by atoms with Gasteiger partial charge in [0.2, 0.25) is 5.91 Å². The highest BCUT2D eigenvalue weighted by Crippen LogP contribution is 2.27. The number of rotatable bonds is 7. The van der Waals surface area contributed by atoms with E-state index < -0.39 is 10.0 Å². The van der Waals surface area contributed by atoms with Crippen molar-refractivity contribution in [3.63, 3.8) is 0 Å². The van der Waals surface area contributed by atoms with Crippen LogP contribution in [-0.2, 0) is 21.2 Å². The molecule has 1 fully saturated rings. The minimum atomic E-state index is -3.37. The second-order valence-corrected chi connectivity index (χ2v) is 8.84. The molecule has 1 aromatic heterocycles. The molecule has 132 valence electrons. The van der Waals surface area contributed by atoms with Crippen LogP contribution in [0.4, 0.5) is 0 Å². The Kier molecular flexibility index (Phi) is 7.96. The predicted octanol–water partition coefficient (Wildman–Crippen LogP) is 1.22. The molecular weight excluding hydrogens is 358 g/mol. The molecule has 1 unspecified atom stereocenters. The Labute approximate surface area is 148 Å². The lowest BCUT2D eigenvalue weighted by Crippen LogP contribution is -2.37. The van der Waals surface area contributed by atoms with Crippen molar-refractivity contribution in [2.75, 3.05) is 26.7 Å². The van der Waals surface area contributed by atoms with E-state index in [9.17, 15) is 13.2 Å². The number of nitrogens with one attached hydrogen (secondary N) is 2. The number of thiophene rings is 1. The van der Waals surface area contributed by atoms with Gasteiger partial charge >= 0.3 is 0 Å². The van der Waals surface area contributed by atoms with Crippen LogP contribution in [0.2, 0.25) is 0 Å². The second kappa shape index (κ2) is 8.98. The van der Waals surface area contributed by atoms with Crippen LogP contribution in [0.3, 0.4) is 0 Å². The van der Waals surface area contributed by atoms with E-state index in [-0.39, 0.29) is 30.8 Å². The fraction of sp³-hybridized carbons (Fsp3) is 0.643. The molecule has 1 saturated heterocycles. The van der Waals surface area contributed by atoms with Crippen LogP contribution in [0, 0.1) is 0 Å². The molecule has 0 saturated carbocycles. The number of likely N-dealkylation sites (N-methyl/N-ethyl adjacent to an activating group) is 1. The Morgan fingerprint density at radius 2 is 2.00 bits per heavy atom. The molecule has 1 aliphatic heterocycles. The van der Waals surface area contributed by atoms with Crippen LogP contribution in [0.25, 0.3) is 0 Å². The summed E-state index contributed by atoms with van der Waals surface area (Å²) in [6, 6.07) is 3.55. The first-order chi connectivity index (χ1) is 10.4. The molecular formula is C14H24ClN3O3S2. The van der Waals surface area contributed by atoms with Crippen molar-refractivity contribution in [3.8, 4) is 0 Å². The molecule has 9 heteroatoms. The van der Waals surface area contributed by atoms with Crippen molar-refractivity contribution in [2.45, 2.75) is 36.4 Å². The summed E-state index contributed by atoms with van der Waals surface area (Å²) in [4.78, 5) is 12.6. The Balaban J connectivity index is 0.00000264. The molecule has 2 rings (SSSR count). The molecule has 1 aromatic rings. The first-order valence-electron chi connectivity index (χ1n) is 7.46. The largest absolute Gasteiger partial charge is 0.354 e. The Bertz CT molecular complexity index is 613. The van der Waals surface area contributed by atoms with E-state index in [1.54, 1.807) is 12.1 Å². The van der Waals surface area contributed by atoms with Crippen LogP contribution in [0.5, 0.6) is 0 Å². The fourth-order valence-corrected chi connectivity index (χ4v) is 5.26. The fourth-order valence-electron chi connectivity index (χ4n) is 2.24. The first kappa shape index (κ1) is 20.4. The van der Waals surface area contributed by atoms with Crippen LogP contribution >= 0.6 is 23.7 Å². The number of hydrogen-bond donors (Lipinski definition) is 2. The number of hydrogen-bond acceptors (Lipinski definition) is 5. The lowest BCUT2D eigenvalue weighted by Gasteiger charge is -2.13. The summed E-state index contributed by atoms with van der Waals surface area (Å²) in [7, 11) is -1.53. The summed E-state index contributed by atoms with van der Waals surface area (Å²) in [5.74, 6) is -0.0888. The van der Waals surface area contributed by atoms with E-state index >= 15 is 0 Å². The first-order valence-corrected chi connectivity index (χ1v) is 9.72. The van der Waals surface area contributed by atoms with Gasteiger partial charge in [-0.1, -0.05) is 0 Å². The zero-order chi connectivity index (χ0) is 16.2. The molecule has 23 heavy (non-hydrogen) atoms. The summed E-state index contributed by atoms with van der Waals surface area (Å²) in [6.45, 7) is 3.72. The van der Waals surface area contributed by atoms with Crippen LogP contribution in [0.15, 0.2) is 16.3 Å². The van der Waals surface area contributed by atoms with Crippen molar-refractivity contribution < 1.29 is 13.2 Å². The second-order valence-electron chi connectivity index (χ2n) is 5.50. The number of nitrogens with zero attached hydrogens (tertiary/aromatic N) is 1. The maximum absolute atomic E-state index is 12.4. The standard InChI is InChI=1S/C14H23N3O3S2.ClH/c1-11(15-2)10-16-13(18)9-12-5-6-14(21-12)22(19,20)17-7-3-4-8-17;/h5-6,11,15H,3-4,7-10H2,1-2H3,(H,16,18);1H. The number of halogens is 1. The van der Waals surface area contributed by atoms with E-state index in [0.717, 1.165) is 17.7 Å². The highest BCUT2D eigenvalue weighted by molar-refractivity contribution is 7.91. The Morgan fingerprint density at radius 1 is 1.35 bits per heavy atom. The van der Waals surface area contributed by atoms with Gasteiger partial charge in [0, 0.05) is 30.6 Å². The number of carbonyl (C=O) groups excluding carboxylic acids is 1. The summed E-state index contributed by atoms with van der Waals surface area (Å²) in [5.41, 5.74) is 0. The van der Waals surface area contributed by atoms with Gasteiger partial charge < -0.3 is 10.6 Å². The van der Waals surface area contributed by atoms with Gasteiger partial charge in [0.15, 0.2) is 0 Å². The van der Waals surface area contributed by atoms with Crippen molar-refractivity contribution in [1.82, 2.24) is 14.9 Å². The normalized spacial score (nSPS) is 16.8. The van der Waals surface area contributed by atoms with Crippen molar-refractivity contribution in [1.29, 1.82) is 0 Å². The molecule has 1 amide bonds. The van der Waals surface area contributed by atoms with E-state index in [4.69, 9.17) is 0 Å². The predicted molar refractivity (Wildman–Crippen MR) is 94.8 cm³/mol. The molecule has 0 bridgehead atoms. The number of sulfonamides is 1. The lowest BCUT2D eigenvalue weighted by atomic mass is 10.3. The molecule has 0 spiro atoms. The summed E-state index contributed by atoms with van der Waals surface area (Å²) in [5, 5.41) is 5.87. The maximum atomic E-state index is 12.4. The van der Waals surface area contributed by atoms with E-state index in [2.05, 4.69) is 10.6 Å². The molecule has 0 aromatic carbocycles. The Morgan fingerprint density at radius 3 is 2.61 bits per heavy atom. The highest BCUT2D eigenvalue weighted by Gasteiger charge is 2.28. The minimum Gasteiger partial charge on any atom is -0.354 e. The van der Waals surface area contributed by atoms with E-state index in [0.29, 0.717) is 23.8 Å². The Hall–Kier alpha value is -0.670. The molecule has 6 nitrogen and oxygen atoms in total. The van der Waals surface area contributed by atoms with E-state index in [1.807, 2.05) is 14.0 Å². The van der Waals surface area contributed by atoms with Crippen LogP contribution in [0.1, 0.15) is 24.6 Å². The van der Waals surface area contributed by atoms with Gasteiger partial charge in [-0.2, -0.15) is 4.31 Å². The monoisotopic (exact) mass is 381 g/mol. The SMILES string of the molecule is CNC(C)CNC(=O)Cc1ccc(S(=O)(=O)N2CCCC2)s1.Cl. The van der Waals surface area contributed by atoms with Gasteiger partial charge in [-0.3, -0.25) is 4.79 Å². The van der Waals surface area contributed by atoms with Crippen LogP contribution < -0.4 is 10.6 Å². The summed E-state index contributed by atoms with van der Waals surface area (Å²) >= 11 is 1.19. The maximum Gasteiger partial charge on any atom is 0.252 e. The molecule has 0 aliphatic carbocycles. The third-order valence-corrected chi connectivity index (χ3v) is 7.18. The van der Waals surface area contributed by atoms with E-state index in [1.165, 1.54) is 15.6 Å². The zero-order valence-corrected chi connectivity index (χ0v) is 15.8. The number of carbonyl (C=O) groups is 1. The quantitative estimate of drug-likeness (QED) is 0.744. The topological polar surface area (TPSA) is 78.5 Å². The molecule has 1 atom stereocenters. The molecule has 2 N–H and O–H groups in total. The lowest BCUT2D eigenvalue weighted by molar-refractivity contribution is -0.120. The average Bonchev–Trinajstić information content (AvgIpc) is 3.16. The number of amides is 1. The third kappa shape index (κ3) is 5.42. The van der Waals surface area contributed by atoms with Gasteiger partial charge in [0.1, 0.15) is 4.21 Å². The zero-order valence-electron chi connectivity index (χ0n) is 13.4. The smallest absolute Gasteiger partial charge is 0.252 e. The van der Waals surface area contributed by atoms with Gasteiger partial charge in [0.25, 0.3) is 10.0 Å². The molecule has 1 aliphatic rings. The van der Waals surface area contributed by atoms with Gasteiger partial charge in [-0.05, 0) is 38.9 Å². The highest BCUT2D eigenvalue weighted by atomic mass is 35.5. The van der Waals surface area contributed by atoms with Crippen molar-refractivity contribution >= 4 is 39.7 Å². The summed E-state index contributed by atoms with van der Waals surface area (Å²) < 4.78 is 26.7. The molecule has 0 radical (unpaired) electrons. The summed E-state index contributed by atoms with van der Waals surface area (Å²) in [6.07, 6.45) is 2.06. The van der Waals surface area contributed by atoms with Crippen molar-refractivity contribution in [3.05, 3.63) is 17.0 Å². The van der Waals surface area contributed by atoms with Gasteiger partial charge in [0.05, 0.1) is 6.42 Å². The third-order valence-electron chi connectivity index (χ3n) is 3.73. The van der Waals surface area contributed by atoms with Gasteiger partial charge in [-0.25, -0.2) is 8.42 Å². The van der Waals surface area contributed by atoms with Crippen molar-refractivity contribution in [2.24, 2.45) is 0 Å². The van der Waals surface area contributed by atoms with Gasteiger partial charge in [-0.15, -0.1) is 23.7 Å². The van der Waals surface area contributed by atoms with Crippen LogP contribution in [-0.4, -0.2) is 51.4 Å². The molecule has 2 heterocycles. The average molecular weight is 382 g/mol.